The van der Waals surface area contributed by atoms with E-state index in [-0.39, 0.29) is 30.1 Å². The summed E-state index contributed by atoms with van der Waals surface area (Å²) in [5, 5.41) is 5.59. The van der Waals surface area contributed by atoms with Crippen molar-refractivity contribution < 1.29 is 14.4 Å². The molecule has 30 heavy (non-hydrogen) atoms. The summed E-state index contributed by atoms with van der Waals surface area (Å²) in [4.78, 5) is 40.0. The SMILES string of the molecule is CC(C)CC1C(=O)Nc2cc(C(=O)NCCN)ccc2N1C(=O)Cc1ccccc1. The van der Waals surface area contributed by atoms with Gasteiger partial charge < -0.3 is 16.4 Å². The van der Waals surface area contributed by atoms with Crippen LogP contribution >= 0.6 is 0 Å². The van der Waals surface area contributed by atoms with Crippen LogP contribution in [0.15, 0.2) is 48.5 Å². The second-order valence-electron chi connectivity index (χ2n) is 7.84. The van der Waals surface area contributed by atoms with Crippen molar-refractivity contribution in [1.29, 1.82) is 0 Å². The third-order valence-corrected chi connectivity index (χ3v) is 4.98. The third-order valence-electron chi connectivity index (χ3n) is 4.98. The molecule has 1 aliphatic rings. The quantitative estimate of drug-likeness (QED) is 0.654. The van der Waals surface area contributed by atoms with Gasteiger partial charge in [-0.1, -0.05) is 44.2 Å². The van der Waals surface area contributed by atoms with Crippen LogP contribution in [0.5, 0.6) is 0 Å². The van der Waals surface area contributed by atoms with E-state index >= 15 is 0 Å². The number of rotatable bonds is 7. The van der Waals surface area contributed by atoms with E-state index in [0.29, 0.717) is 36.4 Å². The standard InChI is InChI=1S/C23H28N4O3/c1-15(2)12-20-23(30)26-18-14-17(22(29)25-11-10-24)8-9-19(18)27(20)21(28)13-16-6-4-3-5-7-16/h3-9,14-15,20H,10-13,24H2,1-2H3,(H,25,29)(H,26,30). The van der Waals surface area contributed by atoms with E-state index in [0.717, 1.165) is 5.56 Å². The maximum Gasteiger partial charge on any atom is 0.251 e. The maximum absolute atomic E-state index is 13.3. The number of benzene rings is 2. The lowest BCUT2D eigenvalue weighted by molar-refractivity contribution is -0.124. The van der Waals surface area contributed by atoms with Crippen LogP contribution in [0.2, 0.25) is 0 Å². The predicted molar refractivity (Wildman–Crippen MR) is 117 cm³/mol. The highest BCUT2D eigenvalue weighted by atomic mass is 16.2. The molecular formula is C23H28N4O3. The molecule has 0 fully saturated rings. The predicted octanol–water partition coefficient (Wildman–Crippen LogP) is 2.32. The molecule has 1 atom stereocenters. The van der Waals surface area contributed by atoms with Crippen molar-refractivity contribution in [3.8, 4) is 0 Å². The molecule has 3 amide bonds. The monoisotopic (exact) mass is 408 g/mol. The topological polar surface area (TPSA) is 105 Å². The molecular weight excluding hydrogens is 380 g/mol. The molecule has 7 nitrogen and oxygen atoms in total. The fourth-order valence-electron chi connectivity index (χ4n) is 3.60. The van der Waals surface area contributed by atoms with E-state index in [4.69, 9.17) is 5.73 Å². The molecule has 158 valence electrons. The lowest BCUT2D eigenvalue weighted by atomic mass is 9.96. The number of carbonyl (C=O) groups is 3. The molecule has 0 aromatic heterocycles. The lowest BCUT2D eigenvalue weighted by Crippen LogP contribution is -2.52. The number of fused-ring (bicyclic) bond motifs is 1. The number of hydrogen-bond acceptors (Lipinski definition) is 4. The summed E-state index contributed by atoms with van der Waals surface area (Å²) in [6, 6.07) is 13.9. The second-order valence-corrected chi connectivity index (χ2v) is 7.84. The zero-order valence-corrected chi connectivity index (χ0v) is 17.4. The Labute approximate surface area is 176 Å². The summed E-state index contributed by atoms with van der Waals surface area (Å²) in [5.41, 5.74) is 7.79. The van der Waals surface area contributed by atoms with Crippen molar-refractivity contribution in [2.24, 2.45) is 11.7 Å². The Hall–Kier alpha value is -3.19. The van der Waals surface area contributed by atoms with Crippen molar-refractivity contribution >= 4 is 29.1 Å². The Balaban J connectivity index is 1.95. The molecule has 1 aliphatic heterocycles. The number of nitrogens with one attached hydrogen (secondary N) is 2. The van der Waals surface area contributed by atoms with E-state index in [1.165, 1.54) is 0 Å². The van der Waals surface area contributed by atoms with Gasteiger partial charge in [-0.05, 0) is 36.1 Å². The van der Waals surface area contributed by atoms with Crippen LogP contribution in [0.3, 0.4) is 0 Å². The van der Waals surface area contributed by atoms with Crippen LogP contribution in [0, 0.1) is 5.92 Å². The Kier molecular flexibility index (Phi) is 6.84. The fraction of sp³-hybridized carbons (Fsp3) is 0.348. The van der Waals surface area contributed by atoms with E-state index in [9.17, 15) is 14.4 Å². The summed E-state index contributed by atoms with van der Waals surface area (Å²) in [7, 11) is 0. The summed E-state index contributed by atoms with van der Waals surface area (Å²) in [6.07, 6.45) is 0.742. The smallest absolute Gasteiger partial charge is 0.251 e. The lowest BCUT2D eigenvalue weighted by Gasteiger charge is -2.37. The first-order chi connectivity index (χ1) is 14.4. The minimum Gasteiger partial charge on any atom is -0.351 e. The van der Waals surface area contributed by atoms with Gasteiger partial charge in [0.2, 0.25) is 11.8 Å². The molecule has 2 aromatic carbocycles. The van der Waals surface area contributed by atoms with Crippen molar-refractivity contribution in [2.75, 3.05) is 23.3 Å². The van der Waals surface area contributed by atoms with Crippen LogP contribution in [0.1, 0.15) is 36.2 Å². The van der Waals surface area contributed by atoms with E-state index in [2.05, 4.69) is 10.6 Å². The molecule has 1 heterocycles. The summed E-state index contributed by atoms with van der Waals surface area (Å²) in [6.45, 7) is 4.74. The van der Waals surface area contributed by atoms with Gasteiger partial charge in [-0.25, -0.2) is 0 Å². The molecule has 0 radical (unpaired) electrons. The highest BCUT2D eigenvalue weighted by Crippen LogP contribution is 2.35. The summed E-state index contributed by atoms with van der Waals surface area (Å²) in [5.74, 6) is -0.431. The van der Waals surface area contributed by atoms with Crippen LogP contribution < -0.4 is 21.3 Å². The van der Waals surface area contributed by atoms with Crippen LogP contribution in [-0.4, -0.2) is 36.9 Å². The van der Waals surface area contributed by atoms with E-state index in [1.54, 1.807) is 23.1 Å². The average Bonchev–Trinajstić information content (AvgIpc) is 2.72. The molecule has 0 saturated heterocycles. The van der Waals surface area contributed by atoms with Gasteiger partial charge in [0, 0.05) is 18.7 Å². The Morgan fingerprint density at radius 3 is 2.57 bits per heavy atom. The first kappa shape index (κ1) is 21.5. The van der Waals surface area contributed by atoms with Gasteiger partial charge in [0.05, 0.1) is 17.8 Å². The minimum absolute atomic E-state index is 0.150. The number of carbonyl (C=O) groups excluding carboxylic acids is 3. The minimum atomic E-state index is -0.592. The number of nitrogens with two attached hydrogens (primary N) is 1. The maximum atomic E-state index is 13.3. The van der Waals surface area contributed by atoms with Crippen LogP contribution in [0.4, 0.5) is 11.4 Å². The third kappa shape index (κ3) is 4.86. The fourth-order valence-corrected chi connectivity index (χ4v) is 3.60. The van der Waals surface area contributed by atoms with Gasteiger partial charge in [-0.3, -0.25) is 19.3 Å². The summed E-state index contributed by atoms with van der Waals surface area (Å²) < 4.78 is 0. The molecule has 2 aromatic rings. The Morgan fingerprint density at radius 1 is 1.17 bits per heavy atom. The zero-order chi connectivity index (χ0) is 21.7. The first-order valence-electron chi connectivity index (χ1n) is 10.2. The average molecular weight is 409 g/mol. The molecule has 4 N–H and O–H groups in total. The molecule has 0 saturated carbocycles. The number of nitrogens with zero attached hydrogens (tertiary/aromatic N) is 1. The Morgan fingerprint density at radius 2 is 1.90 bits per heavy atom. The van der Waals surface area contributed by atoms with Gasteiger partial charge in [-0.2, -0.15) is 0 Å². The van der Waals surface area contributed by atoms with Gasteiger partial charge >= 0.3 is 0 Å². The zero-order valence-electron chi connectivity index (χ0n) is 17.4. The van der Waals surface area contributed by atoms with Crippen molar-refractivity contribution in [1.82, 2.24) is 5.32 Å². The molecule has 1 unspecified atom stereocenters. The van der Waals surface area contributed by atoms with E-state index < -0.39 is 6.04 Å². The molecule has 0 bridgehead atoms. The number of hydrogen-bond donors (Lipinski definition) is 3. The second kappa shape index (κ2) is 9.54. The van der Waals surface area contributed by atoms with E-state index in [1.807, 2.05) is 44.2 Å². The van der Waals surface area contributed by atoms with Crippen molar-refractivity contribution in [2.45, 2.75) is 32.7 Å². The highest BCUT2D eigenvalue weighted by Gasteiger charge is 2.37. The van der Waals surface area contributed by atoms with Crippen LogP contribution in [-0.2, 0) is 16.0 Å². The normalized spacial score (nSPS) is 15.5. The first-order valence-corrected chi connectivity index (χ1v) is 10.2. The Bertz CT molecular complexity index is 927. The number of anilines is 2. The highest BCUT2D eigenvalue weighted by molar-refractivity contribution is 6.13. The van der Waals surface area contributed by atoms with Crippen molar-refractivity contribution in [3.05, 3.63) is 59.7 Å². The summed E-state index contributed by atoms with van der Waals surface area (Å²) >= 11 is 0. The van der Waals surface area contributed by atoms with Gasteiger partial charge in [0.15, 0.2) is 0 Å². The largest absolute Gasteiger partial charge is 0.351 e. The molecule has 0 aliphatic carbocycles. The van der Waals surface area contributed by atoms with Gasteiger partial charge in [0.25, 0.3) is 5.91 Å². The van der Waals surface area contributed by atoms with Crippen LogP contribution in [0.25, 0.3) is 0 Å². The number of amides is 3. The molecule has 3 rings (SSSR count). The van der Waals surface area contributed by atoms with Gasteiger partial charge in [-0.15, -0.1) is 0 Å². The molecule has 7 heteroatoms. The van der Waals surface area contributed by atoms with Crippen molar-refractivity contribution in [3.63, 3.8) is 0 Å². The van der Waals surface area contributed by atoms with Gasteiger partial charge in [0.1, 0.15) is 6.04 Å². The molecule has 0 spiro atoms.